The van der Waals surface area contributed by atoms with Gasteiger partial charge in [0.2, 0.25) is 0 Å². The Morgan fingerprint density at radius 3 is 2.88 bits per heavy atom. The molecule has 6 heteroatoms. The Hall–Kier alpha value is -1.18. The number of hydrogen-bond acceptors (Lipinski definition) is 3. The SMILES string of the molecule is Cc1ncn(CCc2ccnn2C)c(=O)c1I. The molecule has 0 aromatic carbocycles. The third kappa shape index (κ3) is 2.56. The number of rotatable bonds is 3. The molecule has 0 unspecified atom stereocenters. The van der Waals surface area contributed by atoms with Gasteiger partial charge in [-0.05, 0) is 35.6 Å². The molecular weight excluding hydrogens is 331 g/mol. The van der Waals surface area contributed by atoms with E-state index in [9.17, 15) is 4.79 Å². The van der Waals surface area contributed by atoms with Crippen molar-refractivity contribution in [3.63, 3.8) is 0 Å². The smallest absolute Gasteiger partial charge is 0.267 e. The van der Waals surface area contributed by atoms with Crippen LogP contribution in [0.2, 0.25) is 0 Å². The Morgan fingerprint density at radius 1 is 1.47 bits per heavy atom. The van der Waals surface area contributed by atoms with Crippen molar-refractivity contribution in [2.24, 2.45) is 7.05 Å². The molecule has 2 rings (SSSR count). The lowest BCUT2D eigenvalue weighted by Crippen LogP contribution is -2.25. The number of halogens is 1. The summed E-state index contributed by atoms with van der Waals surface area (Å²) in [7, 11) is 1.90. The van der Waals surface area contributed by atoms with Gasteiger partial charge in [0, 0.05) is 31.9 Å². The molecule has 0 aliphatic heterocycles. The van der Waals surface area contributed by atoms with Gasteiger partial charge in [0.15, 0.2) is 0 Å². The highest BCUT2D eigenvalue weighted by Crippen LogP contribution is 2.03. The first-order valence-corrected chi connectivity index (χ1v) is 6.36. The first-order chi connectivity index (χ1) is 8.09. The van der Waals surface area contributed by atoms with E-state index in [0.29, 0.717) is 10.1 Å². The lowest BCUT2D eigenvalue weighted by molar-refractivity contribution is 0.609. The minimum absolute atomic E-state index is 0.0280. The average Bonchev–Trinajstić information content (AvgIpc) is 2.71. The van der Waals surface area contributed by atoms with Crippen molar-refractivity contribution >= 4 is 22.6 Å². The van der Waals surface area contributed by atoms with Gasteiger partial charge >= 0.3 is 0 Å². The highest BCUT2D eigenvalue weighted by atomic mass is 127. The summed E-state index contributed by atoms with van der Waals surface area (Å²) >= 11 is 2.04. The second-order valence-corrected chi connectivity index (χ2v) is 4.92. The summed E-state index contributed by atoms with van der Waals surface area (Å²) in [6.45, 7) is 2.47. The summed E-state index contributed by atoms with van der Waals surface area (Å²) in [6.07, 6.45) is 4.14. The summed E-state index contributed by atoms with van der Waals surface area (Å²) in [6, 6.07) is 1.96. The molecule has 0 saturated heterocycles. The highest BCUT2D eigenvalue weighted by Gasteiger charge is 2.06. The zero-order valence-corrected chi connectivity index (χ0v) is 11.9. The maximum absolute atomic E-state index is 11.9. The van der Waals surface area contributed by atoms with Gasteiger partial charge in [0.25, 0.3) is 5.56 Å². The van der Waals surface area contributed by atoms with Crippen LogP contribution in [0.5, 0.6) is 0 Å². The zero-order chi connectivity index (χ0) is 12.4. The molecule has 0 saturated carbocycles. The predicted octanol–water partition coefficient (Wildman–Crippen LogP) is 1.13. The molecule has 2 aromatic heterocycles. The summed E-state index contributed by atoms with van der Waals surface area (Å²) < 4.78 is 4.15. The van der Waals surface area contributed by atoms with E-state index in [2.05, 4.69) is 10.1 Å². The van der Waals surface area contributed by atoms with Crippen LogP contribution in [-0.4, -0.2) is 19.3 Å². The lowest BCUT2D eigenvalue weighted by Gasteiger charge is -2.07. The van der Waals surface area contributed by atoms with Crippen LogP contribution in [0.3, 0.4) is 0 Å². The van der Waals surface area contributed by atoms with Gasteiger partial charge < -0.3 is 0 Å². The molecule has 90 valence electrons. The standard InChI is InChI=1S/C11H13IN4O/c1-8-10(12)11(17)16(7-13-8)6-4-9-3-5-14-15(9)2/h3,5,7H,4,6H2,1-2H3. The third-order valence-electron chi connectivity index (χ3n) is 2.69. The van der Waals surface area contributed by atoms with E-state index in [0.717, 1.165) is 17.8 Å². The molecule has 0 spiro atoms. The summed E-state index contributed by atoms with van der Waals surface area (Å²) in [5.41, 5.74) is 1.92. The molecule has 0 aliphatic carbocycles. The number of aryl methyl sites for hydroxylation is 4. The Bertz CT molecular complexity index is 587. The van der Waals surface area contributed by atoms with E-state index in [1.54, 1.807) is 17.1 Å². The van der Waals surface area contributed by atoms with Gasteiger partial charge in [-0.3, -0.25) is 14.0 Å². The third-order valence-corrected chi connectivity index (χ3v) is 3.93. The van der Waals surface area contributed by atoms with Crippen molar-refractivity contribution < 1.29 is 0 Å². The van der Waals surface area contributed by atoms with Gasteiger partial charge in [-0.25, -0.2) is 4.98 Å². The molecule has 2 heterocycles. The lowest BCUT2D eigenvalue weighted by atomic mass is 10.3. The Kier molecular flexibility index (Phi) is 3.60. The van der Waals surface area contributed by atoms with Gasteiger partial charge in [-0.2, -0.15) is 5.10 Å². The fourth-order valence-electron chi connectivity index (χ4n) is 1.59. The van der Waals surface area contributed by atoms with Crippen LogP contribution >= 0.6 is 22.6 Å². The van der Waals surface area contributed by atoms with Crippen LogP contribution in [0.4, 0.5) is 0 Å². The summed E-state index contributed by atoms with van der Waals surface area (Å²) in [4.78, 5) is 16.1. The minimum Gasteiger partial charge on any atom is -0.298 e. The maximum Gasteiger partial charge on any atom is 0.267 e. The highest BCUT2D eigenvalue weighted by molar-refractivity contribution is 14.1. The number of nitrogens with zero attached hydrogens (tertiary/aromatic N) is 4. The molecular formula is C11H13IN4O. The molecule has 0 fully saturated rings. The quantitative estimate of drug-likeness (QED) is 0.785. The van der Waals surface area contributed by atoms with Crippen LogP contribution in [-0.2, 0) is 20.0 Å². The van der Waals surface area contributed by atoms with E-state index in [1.165, 1.54) is 0 Å². The Balaban J connectivity index is 2.18. The van der Waals surface area contributed by atoms with E-state index >= 15 is 0 Å². The monoisotopic (exact) mass is 344 g/mol. The fourth-order valence-corrected chi connectivity index (χ4v) is 2.04. The average molecular weight is 344 g/mol. The van der Waals surface area contributed by atoms with Gasteiger partial charge in [0.05, 0.1) is 15.6 Å². The van der Waals surface area contributed by atoms with Crippen LogP contribution < -0.4 is 5.56 Å². The first-order valence-electron chi connectivity index (χ1n) is 5.28. The van der Waals surface area contributed by atoms with E-state index < -0.39 is 0 Å². The molecule has 2 aromatic rings. The molecule has 0 aliphatic rings. The van der Waals surface area contributed by atoms with Gasteiger partial charge in [0.1, 0.15) is 0 Å². The molecule has 17 heavy (non-hydrogen) atoms. The topological polar surface area (TPSA) is 52.7 Å². The van der Waals surface area contributed by atoms with Crippen molar-refractivity contribution in [3.8, 4) is 0 Å². The molecule has 0 radical (unpaired) electrons. The summed E-state index contributed by atoms with van der Waals surface area (Å²) in [5, 5.41) is 4.10. The largest absolute Gasteiger partial charge is 0.298 e. The van der Waals surface area contributed by atoms with Crippen molar-refractivity contribution in [2.75, 3.05) is 0 Å². The van der Waals surface area contributed by atoms with E-state index in [4.69, 9.17) is 0 Å². The first kappa shape index (κ1) is 12.3. The molecule has 0 bridgehead atoms. The Labute approximate surface area is 113 Å². The zero-order valence-electron chi connectivity index (χ0n) is 9.72. The van der Waals surface area contributed by atoms with Crippen molar-refractivity contribution in [1.82, 2.24) is 19.3 Å². The second kappa shape index (κ2) is 4.99. The van der Waals surface area contributed by atoms with Crippen LogP contribution in [0, 0.1) is 10.5 Å². The second-order valence-electron chi connectivity index (χ2n) is 3.84. The van der Waals surface area contributed by atoms with Crippen molar-refractivity contribution in [2.45, 2.75) is 19.9 Å². The molecule has 0 N–H and O–H groups in total. The Morgan fingerprint density at radius 2 is 2.24 bits per heavy atom. The normalized spacial score (nSPS) is 10.8. The van der Waals surface area contributed by atoms with Crippen LogP contribution in [0.1, 0.15) is 11.4 Å². The number of hydrogen-bond donors (Lipinski definition) is 0. The molecule has 0 amide bonds. The fraction of sp³-hybridized carbons (Fsp3) is 0.364. The van der Waals surface area contributed by atoms with Crippen LogP contribution in [0.25, 0.3) is 0 Å². The van der Waals surface area contributed by atoms with Crippen LogP contribution in [0.15, 0.2) is 23.4 Å². The summed E-state index contributed by atoms with van der Waals surface area (Å²) in [5.74, 6) is 0. The van der Waals surface area contributed by atoms with Gasteiger partial charge in [-0.15, -0.1) is 0 Å². The molecule has 5 nitrogen and oxygen atoms in total. The number of aromatic nitrogens is 4. The van der Waals surface area contributed by atoms with Crippen molar-refractivity contribution in [3.05, 3.63) is 43.9 Å². The maximum atomic E-state index is 11.9. The van der Waals surface area contributed by atoms with E-state index in [-0.39, 0.29) is 5.56 Å². The molecule has 0 atom stereocenters. The van der Waals surface area contributed by atoms with Crippen molar-refractivity contribution in [1.29, 1.82) is 0 Å². The van der Waals surface area contributed by atoms with Gasteiger partial charge in [-0.1, -0.05) is 0 Å². The predicted molar refractivity (Wildman–Crippen MR) is 72.9 cm³/mol. The van der Waals surface area contributed by atoms with E-state index in [1.807, 2.05) is 47.3 Å². The minimum atomic E-state index is 0.0280.